The monoisotopic (exact) mass is 402 g/mol. The van der Waals surface area contributed by atoms with Crippen LogP contribution in [-0.2, 0) is 9.53 Å². The Morgan fingerprint density at radius 3 is 2.71 bits per heavy atom. The van der Waals surface area contributed by atoms with Crippen molar-refractivity contribution in [2.75, 3.05) is 18.5 Å². The number of ether oxygens (including phenoxy) is 2. The van der Waals surface area contributed by atoms with Crippen LogP contribution < -0.4 is 15.4 Å². The molecule has 0 aromatic heterocycles. The van der Waals surface area contributed by atoms with E-state index in [1.54, 1.807) is 55.5 Å². The summed E-state index contributed by atoms with van der Waals surface area (Å²) in [6.45, 7) is 2.81. The smallest absolute Gasteiger partial charge is 0.265 e. The van der Waals surface area contributed by atoms with Crippen LogP contribution in [0, 0.1) is 0 Å². The van der Waals surface area contributed by atoms with Gasteiger partial charge in [0.25, 0.3) is 11.8 Å². The lowest BCUT2D eigenvalue weighted by molar-refractivity contribution is -0.122. The summed E-state index contributed by atoms with van der Waals surface area (Å²) < 4.78 is 11.2. The van der Waals surface area contributed by atoms with Gasteiger partial charge in [-0.1, -0.05) is 35.9 Å². The highest BCUT2D eigenvalue weighted by Crippen LogP contribution is 2.24. The minimum absolute atomic E-state index is 0.0507. The Kier molecular flexibility index (Phi) is 6.90. The Balaban J connectivity index is 1.62. The molecule has 0 bridgehead atoms. The maximum Gasteiger partial charge on any atom is 0.265 e. The van der Waals surface area contributed by atoms with Crippen LogP contribution in [0.1, 0.15) is 30.1 Å². The molecule has 2 aromatic rings. The van der Waals surface area contributed by atoms with E-state index < -0.39 is 6.10 Å². The number of carbonyl (C=O) groups excluding carboxylic acids is 2. The van der Waals surface area contributed by atoms with Gasteiger partial charge in [0.2, 0.25) is 0 Å². The summed E-state index contributed by atoms with van der Waals surface area (Å²) in [5.41, 5.74) is 0.811. The molecule has 3 rings (SSSR count). The molecule has 0 unspecified atom stereocenters. The van der Waals surface area contributed by atoms with Gasteiger partial charge in [0.15, 0.2) is 6.10 Å². The second-order valence-electron chi connectivity index (χ2n) is 6.57. The molecule has 2 aromatic carbocycles. The van der Waals surface area contributed by atoms with Crippen molar-refractivity contribution in [3.63, 3.8) is 0 Å². The molecule has 1 aliphatic rings. The zero-order valence-electron chi connectivity index (χ0n) is 15.6. The largest absolute Gasteiger partial charge is 0.479 e. The van der Waals surface area contributed by atoms with Crippen LogP contribution in [0.25, 0.3) is 0 Å². The van der Waals surface area contributed by atoms with E-state index in [0.717, 1.165) is 19.4 Å². The van der Waals surface area contributed by atoms with Crippen LogP contribution in [0.4, 0.5) is 5.69 Å². The molecule has 0 radical (unpaired) electrons. The molecular formula is C21H23ClN2O4. The Labute approximate surface area is 169 Å². The van der Waals surface area contributed by atoms with E-state index in [9.17, 15) is 9.59 Å². The van der Waals surface area contributed by atoms with Gasteiger partial charge in [-0.25, -0.2) is 0 Å². The summed E-state index contributed by atoms with van der Waals surface area (Å²) in [6.07, 6.45) is 1.21. The Bertz CT molecular complexity index is 837. The van der Waals surface area contributed by atoms with Gasteiger partial charge < -0.3 is 20.1 Å². The Hall–Kier alpha value is -2.57. The van der Waals surface area contributed by atoms with E-state index >= 15 is 0 Å². The molecule has 1 saturated heterocycles. The number of halogens is 1. The summed E-state index contributed by atoms with van der Waals surface area (Å²) in [5.74, 6) is -0.209. The van der Waals surface area contributed by atoms with Crippen molar-refractivity contribution < 1.29 is 19.1 Å². The van der Waals surface area contributed by atoms with Gasteiger partial charge in [0, 0.05) is 13.2 Å². The molecule has 0 spiro atoms. The number of carbonyl (C=O) groups is 2. The van der Waals surface area contributed by atoms with E-state index in [-0.39, 0.29) is 17.9 Å². The zero-order valence-corrected chi connectivity index (χ0v) is 16.4. The van der Waals surface area contributed by atoms with Crippen molar-refractivity contribution in [3.05, 3.63) is 59.1 Å². The predicted molar refractivity (Wildman–Crippen MR) is 108 cm³/mol. The van der Waals surface area contributed by atoms with Gasteiger partial charge in [-0.3, -0.25) is 9.59 Å². The standard InChI is InChI=1S/C21H23ClN2O4/c1-14(28-19-11-5-3-9-17(19)22)20(25)24-18-10-4-2-8-16(18)21(26)23-13-15-7-6-12-27-15/h2-5,8-11,14-15H,6-7,12-13H2,1H3,(H,23,26)(H,24,25)/t14-,15-/m1/s1. The molecule has 2 amide bonds. The number of hydrogen-bond acceptors (Lipinski definition) is 4. The lowest BCUT2D eigenvalue weighted by Gasteiger charge is -2.17. The highest BCUT2D eigenvalue weighted by atomic mass is 35.5. The SMILES string of the molecule is C[C@@H](Oc1ccccc1Cl)C(=O)Nc1ccccc1C(=O)NC[C@H]1CCCO1. The number of nitrogens with one attached hydrogen (secondary N) is 2. The molecular weight excluding hydrogens is 380 g/mol. The lowest BCUT2D eigenvalue weighted by Crippen LogP contribution is -2.34. The number of amides is 2. The summed E-state index contributed by atoms with van der Waals surface area (Å²) in [4.78, 5) is 25.1. The van der Waals surface area contributed by atoms with Gasteiger partial charge in [0.1, 0.15) is 5.75 Å². The minimum Gasteiger partial charge on any atom is -0.479 e. The average Bonchev–Trinajstić information content (AvgIpc) is 3.22. The number of anilines is 1. The van der Waals surface area contributed by atoms with Gasteiger partial charge >= 0.3 is 0 Å². The lowest BCUT2D eigenvalue weighted by atomic mass is 10.1. The van der Waals surface area contributed by atoms with E-state index in [1.165, 1.54) is 0 Å². The number of rotatable bonds is 7. The third-order valence-corrected chi connectivity index (χ3v) is 4.77. The third-order valence-electron chi connectivity index (χ3n) is 4.45. The zero-order chi connectivity index (χ0) is 19.9. The van der Waals surface area contributed by atoms with Crippen LogP contribution in [-0.4, -0.2) is 37.2 Å². The molecule has 2 atom stereocenters. The average molecular weight is 403 g/mol. The number of benzene rings is 2. The first-order valence-electron chi connectivity index (χ1n) is 9.25. The number of para-hydroxylation sites is 2. The molecule has 1 heterocycles. The Morgan fingerprint density at radius 1 is 1.21 bits per heavy atom. The fourth-order valence-electron chi connectivity index (χ4n) is 2.92. The highest BCUT2D eigenvalue weighted by Gasteiger charge is 2.21. The van der Waals surface area contributed by atoms with E-state index in [2.05, 4.69) is 10.6 Å². The van der Waals surface area contributed by atoms with E-state index in [4.69, 9.17) is 21.1 Å². The first kappa shape index (κ1) is 20.2. The van der Waals surface area contributed by atoms with Crippen LogP contribution >= 0.6 is 11.6 Å². The van der Waals surface area contributed by atoms with Crippen molar-refractivity contribution in [3.8, 4) is 5.75 Å². The maximum atomic E-state index is 12.5. The normalized spacial score (nSPS) is 17.0. The summed E-state index contributed by atoms with van der Waals surface area (Å²) in [7, 11) is 0. The number of hydrogen-bond donors (Lipinski definition) is 2. The fourth-order valence-corrected chi connectivity index (χ4v) is 3.10. The molecule has 0 saturated carbocycles. The van der Waals surface area contributed by atoms with Gasteiger partial charge in [-0.15, -0.1) is 0 Å². The second kappa shape index (κ2) is 9.57. The molecule has 7 heteroatoms. The van der Waals surface area contributed by atoms with Crippen molar-refractivity contribution in [1.29, 1.82) is 0 Å². The topological polar surface area (TPSA) is 76.7 Å². The van der Waals surface area contributed by atoms with Crippen molar-refractivity contribution in [1.82, 2.24) is 5.32 Å². The van der Waals surface area contributed by atoms with Gasteiger partial charge in [-0.2, -0.15) is 0 Å². The summed E-state index contributed by atoms with van der Waals surface area (Å²) >= 11 is 6.07. The van der Waals surface area contributed by atoms with Crippen molar-refractivity contribution >= 4 is 29.1 Å². The molecule has 28 heavy (non-hydrogen) atoms. The van der Waals surface area contributed by atoms with E-state index in [1.807, 2.05) is 0 Å². The van der Waals surface area contributed by atoms with Gasteiger partial charge in [0.05, 0.1) is 22.4 Å². The van der Waals surface area contributed by atoms with Gasteiger partial charge in [-0.05, 0) is 44.0 Å². The molecule has 1 fully saturated rings. The van der Waals surface area contributed by atoms with Crippen LogP contribution in [0.3, 0.4) is 0 Å². The minimum atomic E-state index is -0.789. The van der Waals surface area contributed by atoms with Crippen molar-refractivity contribution in [2.24, 2.45) is 0 Å². The van der Waals surface area contributed by atoms with Crippen LogP contribution in [0.2, 0.25) is 5.02 Å². The summed E-state index contributed by atoms with van der Waals surface area (Å²) in [6, 6.07) is 13.8. The van der Waals surface area contributed by atoms with Crippen molar-refractivity contribution in [2.45, 2.75) is 32.0 Å². The highest BCUT2D eigenvalue weighted by molar-refractivity contribution is 6.32. The van der Waals surface area contributed by atoms with Crippen LogP contribution in [0.5, 0.6) is 5.75 Å². The summed E-state index contributed by atoms with van der Waals surface area (Å²) in [5, 5.41) is 6.05. The first-order chi connectivity index (χ1) is 13.5. The molecule has 1 aliphatic heterocycles. The third kappa shape index (κ3) is 5.24. The second-order valence-corrected chi connectivity index (χ2v) is 6.98. The fraction of sp³-hybridized carbons (Fsp3) is 0.333. The molecule has 2 N–H and O–H groups in total. The van der Waals surface area contributed by atoms with E-state index in [0.29, 0.717) is 28.6 Å². The maximum absolute atomic E-state index is 12.5. The van der Waals surface area contributed by atoms with Crippen LogP contribution in [0.15, 0.2) is 48.5 Å². The predicted octanol–water partition coefficient (Wildman–Crippen LogP) is 3.65. The molecule has 0 aliphatic carbocycles. The molecule has 6 nitrogen and oxygen atoms in total. The first-order valence-corrected chi connectivity index (χ1v) is 9.63. The quantitative estimate of drug-likeness (QED) is 0.741. The molecule has 148 valence electrons. The Morgan fingerprint density at radius 2 is 1.96 bits per heavy atom.